The Labute approximate surface area is 164 Å². The van der Waals surface area contributed by atoms with Gasteiger partial charge in [0.2, 0.25) is 5.91 Å². The number of hydrogen-bond acceptors (Lipinski definition) is 5. The molecule has 8 heteroatoms. The predicted molar refractivity (Wildman–Crippen MR) is 108 cm³/mol. The van der Waals surface area contributed by atoms with Crippen LogP contribution in [0.5, 0.6) is 0 Å². The van der Waals surface area contributed by atoms with Crippen molar-refractivity contribution in [2.75, 3.05) is 23.3 Å². The van der Waals surface area contributed by atoms with Crippen LogP contribution in [-0.2, 0) is 14.8 Å². The molecule has 1 heterocycles. The highest BCUT2D eigenvalue weighted by molar-refractivity contribution is 7.90. The molecule has 2 aromatic rings. The van der Waals surface area contributed by atoms with Gasteiger partial charge in [-0.05, 0) is 61.7 Å². The molecule has 2 N–H and O–H groups in total. The van der Waals surface area contributed by atoms with Gasteiger partial charge in [0.1, 0.15) is 0 Å². The van der Waals surface area contributed by atoms with Crippen LogP contribution < -0.4 is 14.9 Å². The third-order valence-electron chi connectivity index (χ3n) is 4.54. The van der Waals surface area contributed by atoms with Crippen LogP contribution in [0.15, 0.2) is 53.4 Å². The number of benzene rings is 2. The number of hydrogen-bond donors (Lipinski definition) is 2. The monoisotopic (exact) mass is 401 g/mol. The molecule has 7 nitrogen and oxygen atoms in total. The number of sulfonamides is 1. The van der Waals surface area contributed by atoms with Gasteiger partial charge in [0.05, 0.1) is 4.90 Å². The van der Waals surface area contributed by atoms with E-state index >= 15 is 0 Å². The quantitative estimate of drug-likeness (QED) is 0.803. The van der Waals surface area contributed by atoms with Gasteiger partial charge in [0, 0.05) is 37.0 Å². The highest BCUT2D eigenvalue weighted by Crippen LogP contribution is 2.21. The summed E-state index contributed by atoms with van der Waals surface area (Å²) in [7, 11) is -4.02. The van der Waals surface area contributed by atoms with E-state index in [9.17, 15) is 18.0 Å². The van der Waals surface area contributed by atoms with Gasteiger partial charge in [0.25, 0.3) is 15.9 Å². The number of anilines is 2. The van der Waals surface area contributed by atoms with Crippen molar-refractivity contribution in [1.82, 2.24) is 4.72 Å². The zero-order chi connectivity index (χ0) is 20.1. The van der Waals surface area contributed by atoms with Gasteiger partial charge in [-0.2, -0.15) is 0 Å². The van der Waals surface area contributed by atoms with Crippen LogP contribution in [-0.4, -0.2) is 33.3 Å². The Kier molecular flexibility index (Phi) is 5.99. The third-order valence-corrected chi connectivity index (χ3v) is 5.89. The Balaban J connectivity index is 1.73. The first-order valence-electron chi connectivity index (χ1n) is 9.15. The summed E-state index contributed by atoms with van der Waals surface area (Å²) in [6.45, 7) is 3.23. The van der Waals surface area contributed by atoms with Crippen LogP contribution in [0.25, 0.3) is 0 Å². The fourth-order valence-corrected chi connectivity index (χ4v) is 4.13. The van der Waals surface area contributed by atoms with E-state index < -0.39 is 15.9 Å². The van der Waals surface area contributed by atoms with Crippen LogP contribution in [0.1, 0.15) is 36.5 Å². The highest BCUT2D eigenvalue weighted by Gasteiger charge is 2.20. The van der Waals surface area contributed by atoms with Gasteiger partial charge in [-0.3, -0.25) is 9.59 Å². The molecule has 0 radical (unpaired) electrons. The zero-order valence-corrected chi connectivity index (χ0v) is 16.5. The minimum atomic E-state index is -4.02. The molecule has 1 fully saturated rings. The van der Waals surface area contributed by atoms with Crippen LogP contribution in [0.4, 0.5) is 11.4 Å². The number of carbonyl (C=O) groups is 2. The molecule has 148 valence electrons. The Bertz CT molecular complexity index is 965. The molecule has 3 rings (SSSR count). The molecule has 2 amide bonds. The van der Waals surface area contributed by atoms with Crippen molar-refractivity contribution in [3.05, 3.63) is 54.1 Å². The van der Waals surface area contributed by atoms with E-state index in [1.807, 2.05) is 6.07 Å². The van der Waals surface area contributed by atoms with Crippen molar-refractivity contribution < 1.29 is 18.0 Å². The molecule has 0 aliphatic carbocycles. The van der Waals surface area contributed by atoms with Crippen LogP contribution in [0, 0.1) is 0 Å². The van der Waals surface area contributed by atoms with E-state index in [2.05, 4.69) is 14.9 Å². The minimum Gasteiger partial charge on any atom is -0.372 e. The SMILES string of the molecule is CC(=O)Nc1ccc(S(=O)(=O)NC(=O)c2cccc(N3CCCCC3)c2)cc1. The maximum atomic E-state index is 12.5. The van der Waals surface area contributed by atoms with Crippen molar-refractivity contribution >= 4 is 33.2 Å². The highest BCUT2D eigenvalue weighted by atomic mass is 32.2. The molecule has 28 heavy (non-hydrogen) atoms. The zero-order valence-electron chi connectivity index (χ0n) is 15.6. The topological polar surface area (TPSA) is 95.6 Å². The Hall–Kier alpha value is -2.87. The Morgan fingerprint density at radius 2 is 1.64 bits per heavy atom. The number of amides is 2. The van der Waals surface area contributed by atoms with Gasteiger partial charge in [-0.1, -0.05) is 6.07 Å². The molecule has 0 unspecified atom stereocenters. The van der Waals surface area contributed by atoms with Crippen LogP contribution >= 0.6 is 0 Å². The first-order valence-corrected chi connectivity index (χ1v) is 10.6. The summed E-state index contributed by atoms with van der Waals surface area (Å²) >= 11 is 0. The summed E-state index contributed by atoms with van der Waals surface area (Å²) < 4.78 is 27.1. The Morgan fingerprint density at radius 3 is 2.29 bits per heavy atom. The van der Waals surface area contributed by atoms with Crippen molar-refractivity contribution in [2.24, 2.45) is 0 Å². The van der Waals surface area contributed by atoms with Crippen molar-refractivity contribution in [3.63, 3.8) is 0 Å². The number of carbonyl (C=O) groups excluding carboxylic acids is 2. The smallest absolute Gasteiger partial charge is 0.265 e. The van der Waals surface area contributed by atoms with E-state index in [0.29, 0.717) is 11.3 Å². The van der Waals surface area contributed by atoms with Gasteiger partial charge in [0.15, 0.2) is 0 Å². The summed E-state index contributed by atoms with van der Waals surface area (Å²) in [5.74, 6) is -0.928. The van der Waals surface area contributed by atoms with E-state index in [0.717, 1.165) is 31.6 Å². The fourth-order valence-electron chi connectivity index (χ4n) is 3.16. The summed E-state index contributed by atoms with van der Waals surface area (Å²) in [6, 6.07) is 12.6. The molecular formula is C20H23N3O4S. The average Bonchev–Trinajstić information content (AvgIpc) is 2.68. The summed E-state index contributed by atoms with van der Waals surface area (Å²) in [5, 5.41) is 2.56. The molecule has 1 aliphatic rings. The van der Waals surface area contributed by atoms with Gasteiger partial charge in [-0.25, -0.2) is 13.1 Å². The molecule has 1 aliphatic heterocycles. The van der Waals surface area contributed by atoms with Gasteiger partial charge < -0.3 is 10.2 Å². The number of nitrogens with zero attached hydrogens (tertiary/aromatic N) is 1. The molecule has 0 saturated carbocycles. The lowest BCUT2D eigenvalue weighted by molar-refractivity contribution is -0.114. The largest absolute Gasteiger partial charge is 0.372 e. The van der Waals surface area contributed by atoms with E-state index in [1.54, 1.807) is 18.2 Å². The van der Waals surface area contributed by atoms with Gasteiger partial charge >= 0.3 is 0 Å². The van der Waals surface area contributed by atoms with Crippen LogP contribution in [0.3, 0.4) is 0 Å². The average molecular weight is 401 g/mol. The number of rotatable bonds is 5. The minimum absolute atomic E-state index is 0.0536. The maximum absolute atomic E-state index is 12.5. The van der Waals surface area contributed by atoms with Crippen molar-refractivity contribution in [1.29, 1.82) is 0 Å². The lowest BCUT2D eigenvalue weighted by atomic mass is 10.1. The summed E-state index contributed by atoms with van der Waals surface area (Å²) in [6.07, 6.45) is 3.42. The van der Waals surface area contributed by atoms with E-state index in [4.69, 9.17) is 0 Å². The fraction of sp³-hybridized carbons (Fsp3) is 0.300. The maximum Gasteiger partial charge on any atom is 0.265 e. The lowest BCUT2D eigenvalue weighted by Gasteiger charge is -2.29. The molecule has 0 atom stereocenters. The van der Waals surface area contributed by atoms with Gasteiger partial charge in [-0.15, -0.1) is 0 Å². The summed E-state index contributed by atoms with van der Waals surface area (Å²) in [5.41, 5.74) is 1.69. The van der Waals surface area contributed by atoms with Crippen molar-refractivity contribution in [3.8, 4) is 0 Å². The molecule has 0 bridgehead atoms. The van der Waals surface area contributed by atoms with Crippen molar-refractivity contribution in [2.45, 2.75) is 31.1 Å². The molecule has 1 saturated heterocycles. The number of piperidine rings is 1. The standard InChI is InChI=1S/C20H23N3O4S/c1-15(24)21-17-8-10-19(11-9-17)28(26,27)22-20(25)16-6-5-7-18(14-16)23-12-3-2-4-13-23/h5-11,14H,2-4,12-13H2,1H3,(H,21,24)(H,22,25). The lowest BCUT2D eigenvalue weighted by Crippen LogP contribution is -2.32. The molecule has 0 spiro atoms. The predicted octanol–water partition coefficient (Wildman–Crippen LogP) is 2.75. The molecule has 2 aromatic carbocycles. The van der Waals surface area contributed by atoms with E-state index in [-0.39, 0.29) is 10.8 Å². The second-order valence-electron chi connectivity index (χ2n) is 6.74. The second-order valence-corrected chi connectivity index (χ2v) is 8.42. The molecular weight excluding hydrogens is 378 g/mol. The Morgan fingerprint density at radius 1 is 0.964 bits per heavy atom. The van der Waals surface area contributed by atoms with E-state index in [1.165, 1.54) is 37.6 Å². The number of nitrogens with one attached hydrogen (secondary N) is 2. The third kappa shape index (κ3) is 4.89. The summed E-state index contributed by atoms with van der Waals surface area (Å²) in [4.78, 5) is 25.7. The normalized spacial score (nSPS) is 14.4. The second kappa shape index (κ2) is 8.43. The molecule has 0 aromatic heterocycles. The first kappa shape index (κ1) is 19.9. The van der Waals surface area contributed by atoms with Crippen LogP contribution in [0.2, 0.25) is 0 Å². The first-order chi connectivity index (χ1) is 13.3.